The van der Waals surface area contributed by atoms with E-state index in [1.54, 1.807) is 37.3 Å². The third-order valence-corrected chi connectivity index (χ3v) is 4.60. The summed E-state index contributed by atoms with van der Waals surface area (Å²) >= 11 is 0. The lowest BCUT2D eigenvalue weighted by Gasteiger charge is -2.17. The Balaban J connectivity index is 1.66. The molecule has 7 nitrogen and oxygen atoms in total. The molecule has 1 unspecified atom stereocenters. The number of hydrogen-bond donors (Lipinski definition) is 3. The monoisotopic (exact) mass is 463 g/mol. The lowest BCUT2D eigenvalue weighted by molar-refractivity contribution is -0.274. The van der Waals surface area contributed by atoms with Crippen LogP contribution in [0.2, 0.25) is 0 Å². The zero-order valence-electron chi connectivity index (χ0n) is 17.5. The number of anilines is 2. The second kappa shape index (κ2) is 10.2. The standard InChI is InChI=1S/C22H21F4N5O2/c1-13(16-3-2-4-17(10-16)33-22(24,25)26)31-21-19(23)20(29-12-30-21)28-11-15-7-5-14(6-8-15)9-18(27)32/h2-8,10,12-13H,9,11H2,1H3,(H2,27,32)(H2,28,29,30,31). The molecule has 174 valence electrons. The predicted octanol–water partition coefficient (Wildman–Crippen LogP) is 4.33. The number of ether oxygens (including phenoxy) is 1. The molecule has 0 saturated carbocycles. The van der Waals surface area contributed by atoms with Gasteiger partial charge < -0.3 is 21.1 Å². The van der Waals surface area contributed by atoms with Crippen molar-refractivity contribution in [2.75, 3.05) is 10.6 Å². The number of aromatic nitrogens is 2. The van der Waals surface area contributed by atoms with Crippen molar-refractivity contribution in [3.05, 3.63) is 77.4 Å². The van der Waals surface area contributed by atoms with Crippen molar-refractivity contribution >= 4 is 17.5 Å². The first kappa shape index (κ1) is 23.8. The molecule has 1 aromatic heterocycles. The minimum Gasteiger partial charge on any atom is -0.406 e. The highest BCUT2D eigenvalue weighted by Crippen LogP contribution is 2.28. The van der Waals surface area contributed by atoms with E-state index in [0.29, 0.717) is 5.56 Å². The molecule has 0 aliphatic rings. The molecule has 1 atom stereocenters. The maximum Gasteiger partial charge on any atom is 0.573 e. The van der Waals surface area contributed by atoms with E-state index in [0.717, 1.165) is 11.1 Å². The van der Waals surface area contributed by atoms with Crippen LogP contribution in [0.1, 0.15) is 29.7 Å². The van der Waals surface area contributed by atoms with Crippen LogP contribution >= 0.6 is 0 Å². The van der Waals surface area contributed by atoms with Crippen LogP contribution in [0.3, 0.4) is 0 Å². The van der Waals surface area contributed by atoms with E-state index in [1.165, 1.54) is 24.5 Å². The molecule has 1 amide bonds. The van der Waals surface area contributed by atoms with E-state index in [4.69, 9.17) is 5.73 Å². The zero-order chi connectivity index (χ0) is 24.0. The van der Waals surface area contributed by atoms with Gasteiger partial charge in [0.15, 0.2) is 11.6 Å². The van der Waals surface area contributed by atoms with Gasteiger partial charge in [0.2, 0.25) is 11.7 Å². The molecule has 0 fully saturated rings. The van der Waals surface area contributed by atoms with Gasteiger partial charge >= 0.3 is 6.36 Å². The van der Waals surface area contributed by atoms with Crippen molar-refractivity contribution in [1.29, 1.82) is 0 Å². The largest absolute Gasteiger partial charge is 0.573 e. The van der Waals surface area contributed by atoms with Gasteiger partial charge in [-0.1, -0.05) is 36.4 Å². The number of amides is 1. The second-order valence-electron chi connectivity index (χ2n) is 7.18. The molecule has 1 heterocycles. The number of carbonyl (C=O) groups excluding carboxylic acids is 1. The second-order valence-corrected chi connectivity index (χ2v) is 7.18. The minimum atomic E-state index is -4.81. The predicted molar refractivity (Wildman–Crippen MR) is 114 cm³/mol. The molecule has 0 radical (unpaired) electrons. The number of carbonyl (C=O) groups is 1. The van der Waals surface area contributed by atoms with Crippen LogP contribution in [0.15, 0.2) is 54.9 Å². The highest BCUT2D eigenvalue weighted by Gasteiger charge is 2.31. The zero-order valence-corrected chi connectivity index (χ0v) is 17.5. The Bertz CT molecular complexity index is 1110. The molecule has 0 bridgehead atoms. The lowest BCUT2D eigenvalue weighted by Crippen LogP contribution is -2.17. The smallest absolute Gasteiger partial charge is 0.406 e. The number of hydrogen-bond acceptors (Lipinski definition) is 6. The van der Waals surface area contributed by atoms with Crippen molar-refractivity contribution < 1.29 is 27.1 Å². The van der Waals surface area contributed by atoms with Crippen molar-refractivity contribution in [3.8, 4) is 5.75 Å². The topological polar surface area (TPSA) is 102 Å². The maximum atomic E-state index is 14.9. The Morgan fingerprint density at radius 1 is 1.09 bits per heavy atom. The van der Waals surface area contributed by atoms with Crippen LogP contribution in [0, 0.1) is 5.82 Å². The number of alkyl halides is 3. The SMILES string of the molecule is CC(Nc1ncnc(NCc2ccc(CC(N)=O)cc2)c1F)c1cccc(OC(F)(F)F)c1. The third kappa shape index (κ3) is 7.06. The van der Waals surface area contributed by atoms with Crippen molar-refractivity contribution in [2.24, 2.45) is 5.73 Å². The first-order valence-electron chi connectivity index (χ1n) is 9.83. The van der Waals surface area contributed by atoms with E-state index in [-0.39, 0.29) is 30.4 Å². The van der Waals surface area contributed by atoms with Gasteiger partial charge in [-0.3, -0.25) is 4.79 Å². The normalized spacial score (nSPS) is 12.2. The molecule has 3 rings (SSSR count). The lowest BCUT2D eigenvalue weighted by atomic mass is 10.1. The third-order valence-electron chi connectivity index (χ3n) is 4.60. The van der Waals surface area contributed by atoms with E-state index in [1.807, 2.05) is 0 Å². The van der Waals surface area contributed by atoms with Crippen molar-refractivity contribution in [1.82, 2.24) is 9.97 Å². The first-order chi connectivity index (χ1) is 15.6. The summed E-state index contributed by atoms with van der Waals surface area (Å²) in [5, 5.41) is 5.71. The van der Waals surface area contributed by atoms with E-state index in [2.05, 4.69) is 25.3 Å². The van der Waals surface area contributed by atoms with Crippen LogP contribution in [0.25, 0.3) is 0 Å². The minimum absolute atomic E-state index is 0.0462. The molecule has 0 saturated heterocycles. The van der Waals surface area contributed by atoms with Crippen LogP contribution in [0.5, 0.6) is 5.75 Å². The van der Waals surface area contributed by atoms with E-state index in [9.17, 15) is 22.4 Å². The van der Waals surface area contributed by atoms with Crippen molar-refractivity contribution in [2.45, 2.75) is 32.3 Å². The Morgan fingerprint density at radius 2 is 1.76 bits per heavy atom. The highest BCUT2D eigenvalue weighted by molar-refractivity contribution is 5.76. The molecule has 33 heavy (non-hydrogen) atoms. The van der Waals surface area contributed by atoms with Gasteiger partial charge in [-0.2, -0.15) is 4.39 Å². The molecule has 0 aliphatic carbocycles. The van der Waals surface area contributed by atoms with Gasteiger partial charge in [-0.15, -0.1) is 13.2 Å². The van der Waals surface area contributed by atoms with Crippen LogP contribution < -0.4 is 21.1 Å². The number of nitrogens with zero attached hydrogens (tertiary/aromatic N) is 2. The Morgan fingerprint density at radius 3 is 2.42 bits per heavy atom. The van der Waals surface area contributed by atoms with Gasteiger partial charge in [0.05, 0.1) is 12.5 Å². The summed E-state index contributed by atoms with van der Waals surface area (Å²) in [6, 6.07) is 11.9. The van der Waals surface area contributed by atoms with E-state index < -0.39 is 24.1 Å². The Hall–Kier alpha value is -3.89. The number of nitrogens with one attached hydrogen (secondary N) is 2. The number of halogens is 4. The van der Waals surface area contributed by atoms with Crippen LogP contribution in [-0.2, 0) is 17.8 Å². The molecule has 11 heteroatoms. The van der Waals surface area contributed by atoms with E-state index >= 15 is 0 Å². The van der Waals surface area contributed by atoms with Gasteiger partial charge in [0.25, 0.3) is 0 Å². The quantitative estimate of drug-likeness (QED) is 0.409. The molecular weight excluding hydrogens is 442 g/mol. The number of nitrogens with two attached hydrogens (primary N) is 1. The molecule has 0 aliphatic heterocycles. The Kier molecular flexibility index (Phi) is 7.31. The highest BCUT2D eigenvalue weighted by atomic mass is 19.4. The van der Waals surface area contributed by atoms with Gasteiger partial charge in [0, 0.05) is 6.54 Å². The average molecular weight is 463 g/mol. The summed E-state index contributed by atoms with van der Waals surface area (Å²) in [6.45, 7) is 1.91. The summed E-state index contributed by atoms with van der Waals surface area (Å²) in [5.74, 6) is -1.70. The summed E-state index contributed by atoms with van der Waals surface area (Å²) in [6.07, 6.45) is -3.51. The molecular formula is C22H21F4N5O2. The van der Waals surface area contributed by atoms with Crippen LogP contribution in [-0.4, -0.2) is 22.2 Å². The molecule has 0 spiro atoms. The number of primary amides is 1. The fourth-order valence-electron chi connectivity index (χ4n) is 3.03. The summed E-state index contributed by atoms with van der Waals surface area (Å²) in [5.41, 5.74) is 7.20. The number of rotatable bonds is 9. The molecule has 2 aromatic carbocycles. The van der Waals surface area contributed by atoms with Crippen LogP contribution in [0.4, 0.5) is 29.2 Å². The van der Waals surface area contributed by atoms with Gasteiger partial charge in [0.1, 0.15) is 12.1 Å². The fraction of sp³-hybridized carbons (Fsp3) is 0.227. The summed E-state index contributed by atoms with van der Waals surface area (Å²) in [4.78, 5) is 18.8. The average Bonchev–Trinajstić information content (AvgIpc) is 2.74. The maximum absolute atomic E-state index is 14.9. The molecule has 4 N–H and O–H groups in total. The van der Waals surface area contributed by atoms with Crippen molar-refractivity contribution in [3.63, 3.8) is 0 Å². The van der Waals surface area contributed by atoms with Gasteiger partial charge in [-0.05, 0) is 35.7 Å². The van der Waals surface area contributed by atoms with Gasteiger partial charge in [-0.25, -0.2) is 9.97 Å². The summed E-state index contributed by atoms with van der Waals surface area (Å²) in [7, 11) is 0. The first-order valence-corrected chi connectivity index (χ1v) is 9.83. The Labute approximate surface area is 187 Å². The number of benzene rings is 2. The summed E-state index contributed by atoms with van der Waals surface area (Å²) < 4.78 is 56.2. The fourth-order valence-corrected chi connectivity index (χ4v) is 3.03. The molecule has 3 aromatic rings.